The van der Waals surface area contributed by atoms with Crippen molar-refractivity contribution in [3.8, 4) is 5.75 Å². The Hall–Kier alpha value is -3.72. The zero-order valence-corrected chi connectivity index (χ0v) is 16.2. The van der Waals surface area contributed by atoms with Crippen molar-refractivity contribution < 1.29 is 5.11 Å². The van der Waals surface area contributed by atoms with Crippen LogP contribution in [0.5, 0.6) is 5.75 Å². The Morgan fingerprint density at radius 3 is 1.72 bits per heavy atom. The number of aromatic hydroxyl groups is 1. The minimum Gasteiger partial charge on any atom is -0.508 e. The van der Waals surface area contributed by atoms with Crippen LogP contribution in [0.3, 0.4) is 0 Å². The van der Waals surface area contributed by atoms with E-state index in [1.54, 1.807) is 24.3 Å². The second-order valence-electron chi connectivity index (χ2n) is 6.89. The molecule has 0 unspecified atom stereocenters. The number of aromatic amines is 1. The second-order valence-corrected chi connectivity index (χ2v) is 6.89. The van der Waals surface area contributed by atoms with Crippen LogP contribution in [0.15, 0.2) is 103 Å². The van der Waals surface area contributed by atoms with Crippen LogP contribution in [0.4, 0.5) is 5.69 Å². The van der Waals surface area contributed by atoms with Crippen LogP contribution in [0.2, 0.25) is 0 Å². The van der Waals surface area contributed by atoms with Gasteiger partial charge >= 0.3 is 0 Å². The van der Waals surface area contributed by atoms with E-state index in [9.17, 15) is 0 Å². The lowest BCUT2D eigenvalue weighted by molar-refractivity contribution is 0.475. The number of benzene rings is 4. The normalized spacial score (nSPS) is 11.6. The van der Waals surface area contributed by atoms with Gasteiger partial charge < -0.3 is 15.4 Å². The van der Waals surface area contributed by atoms with Crippen LogP contribution >= 0.6 is 0 Å². The van der Waals surface area contributed by atoms with Gasteiger partial charge in [-0.3, -0.25) is 0 Å². The van der Waals surface area contributed by atoms with Crippen molar-refractivity contribution in [2.24, 2.45) is 0 Å². The molecule has 1 aliphatic rings. The Morgan fingerprint density at radius 2 is 1.14 bits per heavy atom. The summed E-state index contributed by atoms with van der Waals surface area (Å²) in [5.74, 6) is 0.322. The van der Waals surface area contributed by atoms with Gasteiger partial charge in [-0.1, -0.05) is 72.8 Å². The lowest BCUT2D eigenvalue weighted by Crippen LogP contribution is -1.90. The molecule has 2 heterocycles. The quantitative estimate of drug-likeness (QED) is 0.292. The zero-order valence-electron chi connectivity index (χ0n) is 16.2. The molecule has 0 saturated carbocycles. The highest BCUT2D eigenvalue weighted by Crippen LogP contribution is 2.24. The Morgan fingerprint density at radius 1 is 0.586 bits per heavy atom. The molecular weight excluding hydrogens is 356 g/mol. The van der Waals surface area contributed by atoms with Crippen LogP contribution in [0.1, 0.15) is 5.56 Å². The molecule has 0 fully saturated rings. The average Bonchev–Trinajstić information content (AvgIpc) is 3.40. The smallest absolute Gasteiger partial charge is 0.115 e. The van der Waals surface area contributed by atoms with Crippen LogP contribution in [0, 0.1) is 0 Å². The van der Waals surface area contributed by atoms with Gasteiger partial charge in [0, 0.05) is 34.0 Å². The largest absolute Gasteiger partial charge is 0.508 e. The first kappa shape index (κ1) is 18.6. The van der Waals surface area contributed by atoms with E-state index in [1.165, 1.54) is 39.5 Å². The van der Waals surface area contributed by atoms with Gasteiger partial charge in [0.2, 0.25) is 0 Å². The van der Waals surface area contributed by atoms with Crippen LogP contribution < -0.4 is 5.32 Å². The van der Waals surface area contributed by atoms with Gasteiger partial charge in [0.15, 0.2) is 0 Å². The van der Waals surface area contributed by atoms with Crippen molar-refractivity contribution in [3.05, 3.63) is 109 Å². The molecule has 0 radical (unpaired) electrons. The first-order valence-corrected chi connectivity index (χ1v) is 9.82. The average molecular weight is 380 g/mol. The number of nitrogens with one attached hydrogen (secondary N) is 2. The summed E-state index contributed by atoms with van der Waals surface area (Å²) in [6.45, 7) is 1.11. The molecule has 3 nitrogen and oxygen atoms in total. The number of phenols is 1. The van der Waals surface area contributed by atoms with Gasteiger partial charge in [-0.15, -0.1) is 0 Å². The lowest BCUT2D eigenvalue weighted by Gasteiger charge is -1.94. The Bertz CT molecular complexity index is 1120. The predicted octanol–water partition coefficient (Wildman–Crippen LogP) is 6.37. The minimum atomic E-state index is 0.322. The van der Waals surface area contributed by atoms with E-state index in [2.05, 4.69) is 83.1 Å². The molecule has 0 spiro atoms. The van der Waals surface area contributed by atoms with E-state index in [-0.39, 0.29) is 0 Å². The van der Waals surface area contributed by atoms with E-state index in [0.717, 1.165) is 6.54 Å². The van der Waals surface area contributed by atoms with Crippen molar-refractivity contribution >= 4 is 27.5 Å². The molecule has 29 heavy (non-hydrogen) atoms. The van der Waals surface area contributed by atoms with Gasteiger partial charge in [-0.25, -0.2) is 0 Å². The number of H-pyrrole nitrogens is 1. The number of anilines is 1. The van der Waals surface area contributed by atoms with Crippen LogP contribution in [0.25, 0.3) is 21.8 Å². The third-order valence-electron chi connectivity index (χ3n) is 4.90. The van der Waals surface area contributed by atoms with Crippen molar-refractivity contribution in [2.75, 3.05) is 11.9 Å². The van der Waals surface area contributed by atoms with E-state index >= 15 is 0 Å². The monoisotopic (exact) mass is 380 g/mol. The number of rotatable bonds is 0. The Kier molecular flexibility index (Phi) is 5.77. The number of hydrogen-bond acceptors (Lipinski definition) is 2. The standard InChI is InChI=1S/C12H9N.C8H9N.C6H6O/c1-3-7-11-9(5-1)10-6-2-4-8-12(10)13-11;1-2-4-8-7(3-1)5-6-9-8;7-6-4-2-1-3-5-6/h1-8,13H;1-4,9H,5-6H2;1-5,7H. The maximum Gasteiger partial charge on any atom is 0.115 e. The second kappa shape index (κ2) is 8.98. The Balaban J connectivity index is 0.000000112. The van der Waals surface area contributed by atoms with Gasteiger partial charge in [0.05, 0.1) is 0 Å². The fourth-order valence-corrected chi connectivity index (χ4v) is 3.47. The number of hydrogen-bond donors (Lipinski definition) is 3. The molecule has 4 aromatic carbocycles. The minimum absolute atomic E-state index is 0.322. The molecule has 0 saturated heterocycles. The van der Waals surface area contributed by atoms with Crippen molar-refractivity contribution in [1.82, 2.24) is 4.98 Å². The summed E-state index contributed by atoms with van der Waals surface area (Å²) < 4.78 is 0. The van der Waals surface area contributed by atoms with Gasteiger partial charge in [-0.05, 0) is 42.3 Å². The van der Waals surface area contributed by atoms with Gasteiger partial charge in [-0.2, -0.15) is 0 Å². The van der Waals surface area contributed by atoms with Crippen molar-refractivity contribution in [1.29, 1.82) is 0 Å². The number of aromatic nitrogens is 1. The topological polar surface area (TPSA) is 48.0 Å². The number of para-hydroxylation sites is 4. The third kappa shape index (κ3) is 4.58. The molecule has 0 aliphatic carbocycles. The van der Waals surface area contributed by atoms with E-state index in [1.807, 2.05) is 6.07 Å². The molecule has 0 amide bonds. The summed E-state index contributed by atoms with van der Waals surface area (Å²) in [5, 5.41) is 14.5. The number of phenolic OH excluding ortho intramolecular Hbond substituents is 1. The van der Waals surface area contributed by atoms with Crippen molar-refractivity contribution in [3.63, 3.8) is 0 Å². The highest BCUT2D eigenvalue weighted by atomic mass is 16.3. The van der Waals surface area contributed by atoms with Crippen LogP contribution in [-0.2, 0) is 6.42 Å². The maximum atomic E-state index is 8.63. The molecule has 3 heteroatoms. The SMILES string of the molecule is Oc1ccccc1.c1ccc2c(c1)CCN2.c1ccc2c(c1)[nH]c1ccccc12. The first-order valence-electron chi connectivity index (χ1n) is 9.82. The lowest BCUT2D eigenvalue weighted by atomic mass is 10.2. The fourth-order valence-electron chi connectivity index (χ4n) is 3.47. The maximum absolute atomic E-state index is 8.63. The number of fused-ring (bicyclic) bond motifs is 4. The molecule has 5 aromatic rings. The predicted molar refractivity (Wildman–Crippen MR) is 123 cm³/mol. The molecule has 1 aromatic heterocycles. The van der Waals surface area contributed by atoms with Gasteiger partial charge in [0.25, 0.3) is 0 Å². The van der Waals surface area contributed by atoms with Crippen molar-refractivity contribution in [2.45, 2.75) is 6.42 Å². The molecule has 3 N–H and O–H groups in total. The molecule has 1 aliphatic heterocycles. The zero-order chi connectivity index (χ0) is 19.9. The fraction of sp³-hybridized carbons (Fsp3) is 0.0769. The molecule has 0 atom stereocenters. The first-order chi connectivity index (χ1) is 14.3. The van der Waals surface area contributed by atoms with Crippen LogP contribution in [-0.4, -0.2) is 16.6 Å². The summed E-state index contributed by atoms with van der Waals surface area (Å²) in [6, 6.07) is 33.9. The van der Waals surface area contributed by atoms with E-state index in [0.29, 0.717) is 5.75 Å². The Labute approximate surface area is 170 Å². The molecule has 6 rings (SSSR count). The summed E-state index contributed by atoms with van der Waals surface area (Å²) in [5.41, 5.74) is 5.20. The summed E-state index contributed by atoms with van der Waals surface area (Å²) in [7, 11) is 0. The van der Waals surface area contributed by atoms with Gasteiger partial charge in [0.1, 0.15) is 5.75 Å². The third-order valence-corrected chi connectivity index (χ3v) is 4.90. The highest BCUT2D eigenvalue weighted by Gasteiger charge is 2.06. The highest BCUT2D eigenvalue weighted by molar-refractivity contribution is 6.06. The molecule has 0 bridgehead atoms. The van der Waals surface area contributed by atoms with E-state index < -0.39 is 0 Å². The molecular formula is C26H24N2O. The van der Waals surface area contributed by atoms with E-state index in [4.69, 9.17) is 5.11 Å². The summed E-state index contributed by atoms with van der Waals surface area (Å²) in [6.07, 6.45) is 1.19. The summed E-state index contributed by atoms with van der Waals surface area (Å²) in [4.78, 5) is 3.38. The molecule has 144 valence electrons. The summed E-state index contributed by atoms with van der Waals surface area (Å²) >= 11 is 0.